The van der Waals surface area contributed by atoms with Gasteiger partial charge in [-0.15, -0.1) is 0 Å². The summed E-state index contributed by atoms with van der Waals surface area (Å²) in [6, 6.07) is 68.8. The average molecular weight is 661 g/mol. The van der Waals surface area contributed by atoms with Crippen molar-refractivity contribution in [3.63, 3.8) is 0 Å². The maximum Gasteiger partial charge on any atom is 0.0547 e. The molecule has 11 aromatic rings. The van der Waals surface area contributed by atoms with Crippen LogP contribution in [0.4, 0.5) is 0 Å². The topological polar surface area (TPSA) is 9.86 Å². The standard InChI is InChI=1S/C50H32N2/c1-2-11-33(12-3-1)35-13-10-14-39(29-35)52-48-20-9-8-19-45(48)46-25-23-37(31-50(46)52)36-22-21-34-27-28-51(49(34)30-36)38-24-26-44-42-17-5-4-15-40(42)41-16-6-7-18-43(41)47(44)32-38/h1-32H. The second-order valence-electron chi connectivity index (χ2n) is 13.8. The number of rotatable bonds is 4. The first-order valence-electron chi connectivity index (χ1n) is 17.9. The molecule has 9 aromatic carbocycles. The number of nitrogens with zero attached hydrogens (tertiary/aromatic N) is 2. The molecule has 2 heteroatoms. The van der Waals surface area contributed by atoms with Crippen LogP contribution in [-0.4, -0.2) is 9.13 Å². The van der Waals surface area contributed by atoms with Crippen LogP contribution in [0.25, 0.3) is 98.7 Å². The maximum absolute atomic E-state index is 2.42. The van der Waals surface area contributed by atoms with E-state index in [1.807, 2.05) is 0 Å². The molecule has 2 aromatic heterocycles. The molecule has 242 valence electrons. The zero-order chi connectivity index (χ0) is 34.2. The summed E-state index contributed by atoms with van der Waals surface area (Å²) in [5.41, 5.74) is 10.7. The predicted octanol–water partition coefficient (Wildman–Crippen LogP) is 13.5. The van der Waals surface area contributed by atoms with Crippen LogP contribution in [0.15, 0.2) is 194 Å². The fourth-order valence-electron chi connectivity index (χ4n) is 8.46. The molecule has 0 fully saturated rings. The first-order chi connectivity index (χ1) is 25.8. The molecule has 0 saturated heterocycles. The van der Waals surface area contributed by atoms with E-state index in [-0.39, 0.29) is 0 Å². The van der Waals surface area contributed by atoms with E-state index >= 15 is 0 Å². The molecule has 11 rings (SSSR count). The summed E-state index contributed by atoms with van der Waals surface area (Å²) in [5, 5.41) is 11.5. The Morgan fingerprint density at radius 3 is 1.60 bits per heavy atom. The minimum Gasteiger partial charge on any atom is -0.317 e. The quantitative estimate of drug-likeness (QED) is 0.166. The van der Waals surface area contributed by atoms with Gasteiger partial charge in [-0.3, -0.25) is 0 Å². The number of para-hydroxylation sites is 1. The lowest BCUT2D eigenvalue weighted by molar-refractivity contribution is 1.13. The predicted molar refractivity (Wildman–Crippen MR) is 221 cm³/mol. The van der Waals surface area contributed by atoms with Gasteiger partial charge in [0.1, 0.15) is 0 Å². The van der Waals surface area contributed by atoms with Crippen LogP contribution in [0.3, 0.4) is 0 Å². The van der Waals surface area contributed by atoms with Crippen molar-refractivity contribution in [2.75, 3.05) is 0 Å². The molecule has 0 bridgehead atoms. The van der Waals surface area contributed by atoms with Gasteiger partial charge in [-0.1, -0.05) is 140 Å². The van der Waals surface area contributed by atoms with E-state index in [2.05, 4.69) is 203 Å². The molecule has 0 atom stereocenters. The van der Waals surface area contributed by atoms with E-state index in [4.69, 9.17) is 0 Å². The van der Waals surface area contributed by atoms with Crippen LogP contribution >= 0.6 is 0 Å². The van der Waals surface area contributed by atoms with Crippen molar-refractivity contribution in [2.24, 2.45) is 0 Å². The van der Waals surface area contributed by atoms with E-state index in [1.54, 1.807) is 0 Å². The Morgan fingerprint density at radius 2 is 0.827 bits per heavy atom. The number of hydrogen-bond acceptors (Lipinski definition) is 0. The molecule has 0 aliphatic heterocycles. The Balaban J connectivity index is 1.07. The minimum atomic E-state index is 1.16. The van der Waals surface area contributed by atoms with Gasteiger partial charge in [0.2, 0.25) is 0 Å². The van der Waals surface area contributed by atoms with E-state index in [9.17, 15) is 0 Å². The summed E-state index contributed by atoms with van der Waals surface area (Å²) in [5.74, 6) is 0. The zero-order valence-electron chi connectivity index (χ0n) is 28.4. The molecule has 2 heterocycles. The summed E-state index contributed by atoms with van der Waals surface area (Å²) < 4.78 is 4.76. The highest BCUT2D eigenvalue weighted by Gasteiger charge is 2.15. The van der Waals surface area contributed by atoms with E-state index in [1.165, 1.54) is 87.3 Å². The molecule has 0 amide bonds. The molecule has 0 N–H and O–H groups in total. The number of benzene rings is 9. The normalized spacial score (nSPS) is 11.8. The van der Waals surface area contributed by atoms with Crippen molar-refractivity contribution in [3.05, 3.63) is 194 Å². The third-order valence-corrected chi connectivity index (χ3v) is 10.9. The van der Waals surface area contributed by atoms with Crippen molar-refractivity contribution in [1.82, 2.24) is 9.13 Å². The Labute approximate surface area is 301 Å². The van der Waals surface area contributed by atoms with Crippen LogP contribution in [-0.2, 0) is 0 Å². The summed E-state index contributed by atoms with van der Waals surface area (Å²) in [6.45, 7) is 0. The smallest absolute Gasteiger partial charge is 0.0547 e. The summed E-state index contributed by atoms with van der Waals surface area (Å²) in [4.78, 5) is 0. The first kappa shape index (κ1) is 28.9. The summed E-state index contributed by atoms with van der Waals surface area (Å²) >= 11 is 0. The zero-order valence-corrected chi connectivity index (χ0v) is 28.4. The monoisotopic (exact) mass is 660 g/mol. The van der Waals surface area contributed by atoms with Crippen molar-refractivity contribution >= 4 is 65.0 Å². The maximum atomic E-state index is 2.42. The second kappa shape index (κ2) is 11.3. The fraction of sp³-hybridized carbons (Fsp3) is 0. The lowest BCUT2D eigenvalue weighted by atomic mass is 9.94. The molecule has 0 aliphatic carbocycles. The van der Waals surface area contributed by atoms with E-state index in [0.717, 1.165) is 11.4 Å². The van der Waals surface area contributed by atoms with Gasteiger partial charge >= 0.3 is 0 Å². The molecule has 0 radical (unpaired) electrons. The molecule has 0 aliphatic rings. The summed E-state index contributed by atoms with van der Waals surface area (Å²) in [7, 11) is 0. The third kappa shape index (κ3) is 4.38. The average Bonchev–Trinajstić information content (AvgIpc) is 3.80. The molecule has 2 nitrogen and oxygen atoms in total. The highest BCUT2D eigenvalue weighted by Crippen LogP contribution is 2.39. The Bertz CT molecular complexity index is 3140. The van der Waals surface area contributed by atoms with Crippen LogP contribution < -0.4 is 0 Å². The molecular weight excluding hydrogens is 629 g/mol. The first-order valence-corrected chi connectivity index (χ1v) is 17.9. The van der Waals surface area contributed by atoms with Crippen molar-refractivity contribution < 1.29 is 0 Å². The lowest BCUT2D eigenvalue weighted by Crippen LogP contribution is -1.95. The Kier molecular flexibility index (Phi) is 6.28. The van der Waals surface area contributed by atoms with Crippen LogP contribution in [0.1, 0.15) is 0 Å². The van der Waals surface area contributed by atoms with Gasteiger partial charge < -0.3 is 9.13 Å². The molecule has 0 spiro atoms. The van der Waals surface area contributed by atoms with Crippen molar-refractivity contribution in [3.8, 4) is 33.6 Å². The number of fused-ring (bicyclic) bond motifs is 10. The third-order valence-electron chi connectivity index (χ3n) is 10.9. The van der Waals surface area contributed by atoms with Gasteiger partial charge in [-0.25, -0.2) is 0 Å². The van der Waals surface area contributed by atoms with Crippen LogP contribution in [0.2, 0.25) is 0 Å². The van der Waals surface area contributed by atoms with Gasteiger partial charge in [0.15, 0.2) is 0 Å². The molecular formula is C50H32N2. The largest absolute Gasteiger partial charge is 0.317 e. The molecule has 0 saturated carbocycles. The van der Waals surface area contributed by atoms with Crippen LogP contribution in [0, 0.1) is 0 Å². The second-order valence-corrected chi connectivity index (χ2v) is 13.8. The lowest BCUT2D eigenvalue weighted by Gasteiger charge is -2.13. The van der Waals surface area contributed by atoms with E-state index in [0.29, 0.717) is 0 Å². The van der Waals surface area contributed by atoms with Crippen molar-refractivity contribution in [1.29, 1.82) is 0 Å². The molecule has 0 unspecified atom stereocenters. The van der Waals surface area contributed by atoms with Crippen LogP contribution in [0.5, 0.6) is 0 Å². The van der Waals surface area contributed by atoms with Gasteiger partial charge in [0.25, 0.3) is 0 Å². The Hall–Kier alpha value is -6.90. The fourth-order valence-corrected chi connectivity index (χ4v) is 8.46. The number of hydrogen-bond donors (Lipinski definition) is 0. The number of aromatic nitrogens is 2. The minimum absolute atomic E-state index is 1.16. The Morgan fingerprint density at radius 1 is 0.269 bits per heavy atom. The highest BCUT2D eigenvalue weighted by molar-refractivity contribution is 6.25. The van der Waals surface area contributed by atoms with E-state index < -0.39 is 0 Å². The SMILES string of the molecule is c1ccc(-c2cccc(-n3c4ccccc4c4ccc(-c5ccc6ccn(-c7ccc8c9ccccc9c9ccccc9c8c7)c6c5)cc43)c2)cc1. The van der Waals surface area contributed by atoms with Gasteiger partial charge in [-0.2, -0.15) is 0 Å². The van der Waals surface area contributed by atoms with Gasteiger partial charge in [-0.05, 0) is 108 Å². The summed E-state index contributed by atoms with van der Waals surface area (Å²) in [6.07, 6.45) is 2.21. The van der Waals surface area contributed by atoms with Crippen molar-refractivity contribution in [2.45, 2.75) is 0 Å². The molecule has 52 heavy (non-hydrogen) atoms. The highest BCUT2D eigenvalue weighted by atomic mass is 15.0. The van der Waals surface area contributed by atoms with Gasteiger partial charge in [0.05, 0.1) is 16.6 Å². The van der Waals surface area contributed by atoms with Gasteiger partial charge in [0, 0.05) is 28.3 Å².